The van der Waals surface area contributed by atoms with Gasteiger partial charge >= 0.3 is 0 Å². The highest BCUT2D eigenvalue weighted by atomic mass is 19.1. The van der Waals surface area contributed by atoms with Gasteiger partial charge in [-0.2, -0.15) is 0 Å². The van der Waals surface area contributed by atoms with Gasteiger partial charge in [-0.1, -0.05) is 0 Å². The fraction of sp³-hybridized carbons (Fsp3) is 0.438. The molecule has 0 spiro atoms. The molecule has 5 nitrogen and oxygen atoms in total. The standard InChI is InChI=1S/C16H20FN3O2/c1-19-8-14(18-12-19)9-20-7-6-16(21,10-20)11-22-15-4-2-13(17)3-5-15/h2-5,8,12,21H,6-7,9-11H2,1H3. The van der Waals surface area contributed by atoms with Gasteiger partial charge in [-0.25, -0.2) is 9.37 Å². The Morgan fingerprint density at radius 1 is 1.36 bits per heavy atom. The first-order valence-corrected chi connectivity index (χ1v) is 7.32. The predicted molar refractivity (Wildman–Crippen MR) is 79.9 cm³/mol. The summed E-state index contributed by atoms with van der Waals surface area (Å²) >= 11 is 0. The van der Waals surface area contributed by atoms with Crippen LogP contribution in [0, 0.1) is 5.82 Å². The lowest BCUT2D eigenvalue weighted by molar-refractivity contribution is 0.00329. The van der Waals surface area contributed by atoms with Gasteiger partial charge in [-0.15, -0.1) is 0 Å². The van der Waals surface area contributed by atoms with Crippen molar-refractivity contribution in [3.05, 3.63) is 48.3 Å². The molecule has 1 fully saturated rings. The first-order chi connectivity index (χ1) is 10.5. The number of aliphatic hydroxyl groups is 1. The minimum atomic E-state index is -0.872. The third kappa shape index (κ3) is 3.64. The second kappa shape index (κ2) is 6.06. The van der Waals surface area contributed by atoms with Crippen molar-refractivity contribution < 1.29 is 14.2 Å². The number of ether oxygens (including phenoxy) is 1. The van der Waals surface area contributed by atoms with Crippen molar-refractivity contribution in [2.45, 2.75) is 18.6 Å². The Balaban J connectivity index is 1.52. The van der Waals surface area contributed by atoms with Crippen LogP contribution in [0.3, 0.4) is 0 Å². The van der Waals surface area contributed by atoms with Crippen LogP contribution in [0.25, 0.3) is 0 Å². The van der Waals surface area contributed by atoms with Crippen molar-refractivity contribution in [3.8, 4) is 5.75 Å². The number of likely N-dealkylation sites (tertiary alicyclic amines) is 1. The van der Waals surface area contributed by atoms with Crippen molar-refractivity contribution in [2.24, 2.45) is 7.05 Å². The highest BCUT2D eigenvalue weighted by Crippen LogP contribution is 2.24. The van der Waals surface area contributed by atoms with Crippen molar-refractivity contribution >= 4 is 0 Å². The van der Waals surface area contributed by atoms with Crippen molar-refractivity contribution in [3.63, 3.8) is 0 Å². The van der Waals surface area contributed by atoms with Crippen LogP contribution in [0.4, 0.5) is 4.39 Å². The maximum absolute atomic E-state index is 12.8. The van der Waals surface area contributed by atoms with E-state index < -0.39 is 5.60 Å². The second-order valence-corrected chi connectivity index (χ2v) is 5.96. The summed E-state index contributed by atoms with van der Waals surface area (Å²) in [5.41, 5.74) is 0.120. The van der Waals surface area contributed by atoms with E-state index in [9.17, 15) is 9.50 Å². The fourth-order valence-electron chi connectivity index (χ4n) is 2.72. The number of hydrogen-bond donors (Lipinski definition) is 1. The zero-order valence-electron chi connectivity index (χ0n) is 12.6. The average Bonchev–Trinajstić information content (AvgIpc) is 3.06. The van der Waals surface area contributed by atoms with Crippen LogP contribution in [-0.4, -0.2) is 44.9 Å². The summed E-state index contributed by atoms with van der Waals surface area (Å²) in [6, 6.07) is 5.83. The Bertz CT molecular complexity index is 629. The molecule has 1 aromatic heterocycles. The van der Waals surface area contributed by atoms with Gasteiger partial charge in [0.2, 0.25) is 0 Å². The van der Waals surface area contributed by atoms with E-state index in [0.29, 0.717) is 18.7 Å². The lowest BCUT2D eigenvalue weighted by atomic mass is 10.1. The number of halogens is 1. The zero-order valence-corrected chi connectivity index (χ0v) is 12.6. The van der Waals surface area contributed by atoms with E-state index in [1.807, 2.05) is 17.8 Å². The third-order valence-corrected chi connectivity index (χ3v) is 3.88. The van der Waals surface area contributed by atoms with Gasteiger partial charge in [0, 0.05) is 32.9 Å². The molecule has 118 valence electrons. The molecule has 1 unspecified atom stereocenters. The Hall–Kier alpha value is -1.92. The Kier molecular flexibility index (Phi) is 4.13. The molecule has 3 rings (SSSR count). The van der Waals surface area contributed by atoms with E-state index in [-0.39, 0.29) is 12.4 Å². The van der Waals surface area contributed by atoms with Crippen LogP contribution >= 0.6 is 0 Å². The maximum atomic E-state index is 12.8. The number of nitrogens with zero attached hydrogens (tertiary/aromatic N) is 3. The Morgan fingerprint density at radius 2 is 2.14 bits per heavy atom. The summed E-state index contributed by atoms with van der Waals surface area (Å²) in [5, 5.41) is 10.6. The number of imidazole rings is 1. The number of rotatable bonds is 5. The van der Waals surface area contributed by atoms with Crippen LogP contribution < -0.4 is 4.74 Å². The molecule has 1 aliphatic rings. The lowest BCUT2D eigenvalue weighted by Crippen LogP contribution is -2.39. The molecule has 1 aromatic carbocycles. The van der Waals surface area contributed by atoms with Crippen molar-refractivity contribution in [1.29, 1.82) is 0 Å². The number of aromatic nitrogens is 2. The molecular formula is C16H20FN3O2. The van der Waals surface area contributed by atoms with Gasteiger partial charge in [-0.3, -0.25) is 4.90 Å². The van der Waals surface area contributed by atoms with E-state index in [0.717, 1.165) is 18.8 Å². The lowest BCUT2D eigenvalue weighted by Gasteiger charge is -2.23. The first-order valence-electron chi connectivity index (χ1n) is 7.32. The van der Waals surface area contributed by atoms with E-state index in [4.69, 9.17) is 4.74 Å². The van der Waals surface area contributed by atoms with Gasteiger partial charge in [0.25, 0.3) is 0 Å². The van der Waals surface area contributed by atoms with E-state index in [1.165, 1.54) is 12.1 Å². The summed E-state index contributed by atoms with van der Waals surface area (Å²) in [7, 11) is 1.94. The number of benzene rings is 1. The third-order valence-electron chi connectivity index (χ3n) is 3.88. The smallest absolute Gasteiger partial charge is 0.123 e. The van der Waals surface area contributed by atoms with Crippen molar-refractivity contribution in [2.75, 3.05) is 19.7 Å². The van der Waals surface area contributed by atoms with Crippen LogP contribution in [0.1, 0.15) is 12.1 Å². The Morgan fingerprint density at radius 3 is 2.82 bits per heavy atom. The monoisotopic (exact) mass is 305 g/mol. The van der Waals surface area contributed by atoms with Gasteiger partial charge in [-0.05, 0) is 30.7 Å². The first kappa shape index (κ1) is 15.0. The van der Waals surface area contributed by atoms with Gasteiger partial charge < -0.3 is 14.4 Å². The molecule has 1 atom stereocenters. The molecule has 0 radical (unpaired) electrons. The quantitative estimate of drug-likeness (QED) is 0.911. The van der Waals surface area contributed by atoms with E-state index >= 15 is 0 Å². The summed E-state index contributed by atoms with van der Waals surface area (Å²) < 4.78 is 20.3. The highest BCUT2D eigenvalue weighted by molar-refractivity contribution is 5.22. The molecule has 22 heavy (non-hydrogen) atoms. The van der Waals surface area contributed by atoms with Gasteiger partial charge in [0.05, 0.1) is 12.0 Å². The molecule has 0 bridgehead atoms. The van der Waals surface area contributed by atoms with Crippen LogP contribution in [0.15, 0.2) is 36.8 Å². The molecule has 1 aliphatic heterocycles. The highest BCUT2D eigenvalue weighted by Gasteiger charge is 2.37. The number of aryl methyl sites for hydroxylation is 1. The summed E-state index contributed by atoms with van der Waals surface area (Å²) in [6.07, 6.45) is 4.41. The van der Waals surface area contributed by atoms with Crippen LogP contribution in [0.5, 0.6) is 5.75 Å². The largest absolute Gasteiger partial charge is 0.491 e. The number of β-amino-alcohol motifs (C(OH)–C–C–N with tert-alkyl or cyclic N) is 1. The summed E-state index contributed by atoms with van der Waals surface area (Å²) in [5.74, 6) is 0.270. The minimum absolute atomic E-state index is 0.206. The molecular weight excluding hydrogens is 285 g/mol. The van der Waals surface area contributed by atoms with Crippen LogP contribution in [-0.2, 0) is 13.6 Å². The molecule has 0 saturated carbocycles. The molecule has 2 heterocycles. The van der Waals surface area contributed by atoms with Gasteiger partial charge in [0.15, 0.2) is 0 Å². The van der Waals surface area contributed by atoms with E-state index in [2.05, 4.69) is 9.88 Å². The normalized spacial score (nSPS) is 22.1. The number of hydrogen-bond acceptors (Lipinski definition) is 4. The summed E-state index contributed by atoms with van der Waals surface area (Å²) in [4.78, 5) is 6.46. The molecule has 6 heteroatoms. The predicted octanol–water partition coefficient (Wildman–Crippen LogP) is 1.57. The summed E-state index contributed by atoms with van der Waals surface area (Å²) in [6.45, 7) is 2.28. The van der Waals surface area contributed by atoms with Crippen LogP contribution in [0.2, 0.25) is 0 Å². The van der Waals surface area contributed by atoms with Gasteiger partial charge in [0.1, 0.15) is 23.8 Å². The van der Waals surface area contributed by atoms with E-state index in [1.54, 1.807) is 18.5 Å². The zero-order chi connectivity index (χ0) is 15.6. The average molecular weight is 305 g/mol. The molecule has 2 aromatic rings. The second-order valence-electron chi connectivity index (χ2n) is 5.96. The topological polar surface area (TPSA) is 50.5 Å². The molecule has 0 aliphatic carbocycles. The van der Waals surface area contributed by atoms with Crippen molar-refractivity contribution in [1.82, 2.24) is 14.5 Å². The SMILES string of the molecule is Cn1cnc(CN2CCC(O)(COc3ccc(F)cc3)C2)c1. The molecule has 1 N–H and O–H groups in total. The minimum Gasteiger partial charge on any atom is -0.491 e. The Labute approximate surface area is 129 Å². The molecule has 0 amide bonds. The maximum Gasteiger partial charge on any atom is 0.123 e. The fourth-order valence-corrected chi connectivity index (χ4v) is 2.72. The molecule has 1 saturated heterocycles.